The number of aryl methyl sites for hydroxylation is 3. The smallest absolute Gasteiger partial charge is 0.200 e. The summed E-state index contributed by atoms with van der Waals surface area (Å²) in [6.45, 7) is 4.35. The van der Waals surface area contributed by atoms with Crippen molar-refractivity contribution < 1.29 is 4.57 Å². The van der Waals surface area contributed by atoms with Gasteiger partial charge in [-0.05, 0) is 48.4 Å². The molecular weight excluding hydrogens is 334 g/mol. The molecule has 0 amide bonds. The molecule has 0 saturated heterocycles. The van der Waals surface area contributed by atoms with Crippen LogP contribution in [0.1, 0.15) is 11.1 Å². The normalized spacial score (nSPS) is 11.7. The molecule has 0 saturated carbocycles. The highest BCUT2D eigenvalue weighted by atomic mass is 32.1. The summed E-state index contributed by atoms with van der Waals surface area (Å²) in [5.41, 5.74) is 5.20. The van der Waals surface area contributed by atoms with Gasteiger partial charge in [-0.25, -0.2) is 0 Å². The van der Waals surface area contributed by atoms with Gasteiger partial charge in [0.25, 0.3) is 0 Å². The third kappa shape index (κ3) is 2.33. The zero-order chi connectivity index (χ0) is 17.8. The van der Waals surface area contributed by atoms with Gasteiger partial charge in [0.05, 0.1) is 4.70 Å². The maximum Gasteiger partial charge on any atom is 0.213 e. The predicted octanol–water partition coefficient (Wildman–Crippen LogP) is 6.32. The van der Waals surface area contributed by atoms with E-state index in [4.69, 9.17) is 0 Å². The lowest BCUT2D eigenvalue weighted by molar-refractivity contribution is -0.659. The van der Waals surface area contributed by atoms with Crippen LogP contribution < -0.4 is 4.57 Å². The van der Waals surface area contributed by atoms with Gasteiger partial charge in [0.2, 0.25) is 5.69 Å². The van der Waals surface area contributed by atoms with Crippen LogP contribution >= 0.6 is 11.3 Å². The number of rotatable bonds is 1. The van der Waals surface area contributed by atoms with E-state index in [9.17, 15) is 0 Å². The fourth-order valence-corrected chi connectivity index (χ4v) is 5.11. The van der Waals surface area contributed by atoms with Crippen molar-refractivity contribution in [3.63, 3.8) is 0 Å². The largest absolute Gasteiger partial charge is 0.213 e. The summed E-state index contributed by atoms with van der Waals surface area (Å²) in [6, 6.07) is 22.4. The van der Waals surface area contributed by atoms with E-state index in [1.807, 2.05) is 11.3 Å². The van der Waals surface area contributed by atoms with Gasteiger partial charge in [-0.15, -0.1) is 11.3 Å². The Labute approximate surface area is 157 Å². The molecule has 26 heavy (non-hydrogen) atoms. The van der Waals surface area contributed by atoms with Crippen molar-refractivity contribution in [1.29, 1.82) is 0 Å². The third-order valence-corrected chi connectivity index (χ3v) is 6.36. The average molecular weight is 354 g/mol. The quantitative estimate of drug-likeness (QED) is 0.310. The molecule has 0 aliphatic carbocycles. The summed E-state index contributed by atoms with van der Waals surface area (Å²) in [7, 11) is 2.15. The molecular formula is C24H20NS+. The first kappa shape index (κ1) is 15.5. The Morgan fingerprint density at radius 2 is 1.50 bits per heavy atom. The topological polar surface area (TPSA) is 3.88 Å². The van der Waals surface area contributed by atoms with Crippen molar-refractivity contribution >= 4 is 42.3 Å². The van der Waals surface area contributed by atoms with Crippen molar-refractivity contribution in [3.8, 4) is 11.3 Å². The predicted molar refractivity (Wildman–Crippen MR) is 113 cm³/mol. The van der Waals surface area contributed by atoms with E-state index in [-0.39, 0.29) is 0 Å². The molecule has 2 heteroatoms. The lowest BCUT2D eigenvalue weighted by atomic mass is 10.0. The maximum atomic E-state index is 2.36. The van der Waals surface area contributed by atoms with Crippen molar-refractivity contribution in [2.75, 3.05) is 0 Å². The highest BCUT2D eigenvalue weighted by molar-refractivity contribution is 7.25. The molecule has 0 unspecified atom stereocenters. The molecule has 0 spiro atoms. The molecule has 0 aliphatic rings. The minimum atomic E-state index is 1.27. The van der Waals surface area contributed by atoms with Crippen LogP contribution in [0.15, 0.2) is 66.9 Å². The average Bonchev–Trinajstić information content (AvgIpc) is 2.95. The van der Waals surface area contributed by atoms with Crippen LogP contribution in [-0.4, -0.2) is 0 Å². The van der Waals surface area contributed by atoms with Crippen molar-refractivity contribution in [2.24, 2.45) is 7.05 Å². The highest BCUT2D eigenvalue weighted by Gasteiger charge is 2.17. The molecule has 3 aromatic carbocycles. The molecule has 2 aromatic heterocycles. The van der Waals surface area contributed by atoms with E-state index in [0.717, 1.165) is 0 Å². The SMILES string of the molecule is Cc1ccc(-c2cc3c(c[n+]2C)sc2cc4ccccc4cc23)c(C)c1. The van der Waals surface area contributed by atoms with E-state index in [1.54, 1.807) is 0 Å². The van der Waals surface area contributed by atoms with Crippen LogP contribution in [-0.2, 0) is 7.05 Å². The van der Waals surface area contributed by atoms with Crippen LogP contribution in [0.2, 0.25) is 0 Å². The van der Waals surface area contributed by atoms with E-state index in [0.29, 0.717) is 0 Å². The lowest BCUT2D eigenvalue weighted by Gasteiger charge is -2.06. The molecule has 0 fully saturated rings. The van der Waals surface area contributed by atoms with Crippen molar-refractivity contribution in [1.82, 2.24) is 0 Å². The zero-order valence-corrected chi connectivity index (χ0v) is 16.0. The van der Waals surface area contributed by atoms with Crippen LogP contribution in [0.5, 0.6) is 0 Å². The second-order valence-corrected chi connectivity index (χ2v) is 8.25. The van der Waals surface area contributed by atoms with Gasteiger partial charge < -0.3 is 0 Å². The Balaban J connectivity index is 1.84. The number of pyridine rings is 1. The van der Waals surface area contributed by atoms with E-state index in [2.05, 4.69) is 92.3 Å². The first-order valence-electron chi connectivity index (χ1n) is 8.92. The monoisotopic (exact) mass is 354 g/mol. The highest BCUT2D eigenvalue weighted by Crippen LogP contribution is 2.37. The summed E-state index contributed by atoms with van der Waals surface area (Å²) < 4.78 is 4.96. The Morgan fingerprint density at radius 3 is 2.27 bits per heavy atom. The second kappa shape index (κ2) is 5.65. The van der Waals surface area contributed by atoms with Gasteiger partial charge in [-0.2, -0.15) is 4.57 Å². The zero-order valence-electron chi connectivity index (χ0n) is 15.2. The standard InChI is InChI=1S/C24H20NS/c1-15-8-9-19(16(2)10-15)22-13-21-20-11-17-6-4-5-7-18(17)12-23(20)26-24(21)14-25(22)3/h4-14H,1-3H3/q+1. The first-order chi connectivity index (χ1) is 12.6. The molecule has 5 aromatic rings. The molecule has 1 nitrogen and oxygen atoms in total. The van der Waals surface area contributed by atoms with Gasteiger partial charge in [0.15, 0.2) is 6.20 Å². The number of thiophene rings is 1. The van der Waals surface area contributed by atoms with Crippen molar-refractivity contribution in [3.05, 3.63) is 78.0 Å². The Morgan fingerprint density at radius 1 is 0.769 bits per heavy atom. The molecule has 0 atom stereocenters. The molecule has 0 bridgehead atoms. The van der Waals surface area contributed by atoms with Gasteiger partial charge in [0, 0.05) is 27.1 Å². The van der Waals surface area contributed by atoms with Gasteiger partial charge in [-0.1, -0.05) is 42.0 Å². The van der Waals surface area contributed by atoms with E-state index >= 15 is 0 Å². The maximum absolute atomic E-state index is 2.36. The van der Waals surface area contributed by atoms with Crippen LogP contribution in [0.4, 0.5) is 0 Å². The van der Waals surface area contributed by atoms with Gasteiger partial charge >= 0.3 is 0 Å². The lowest BCUT2D eigenvalue weighted by Crippen LogP contribution is -2.30. The summed E-state index contributed by atoms with van der Waals surface area (Å²) in [4.78, 5) is 0. The first-order valence-corrected chi connectivity index (χ1v) is 9.74. The fraction of sp³-hybridized carbons (Fsp3) is 0.125. The fourth-order valence-electron chi connectivity index (χ4n) is 3.92. The van der Waals surface area contributed by atoms with Gasteiger partial charge in [0.1, 0.15) is 7.05 Å². The van der Waals surface area contributed by atoms with Crippen LogP contribution in [0.3, 0.4) is 0 Å². The van der Waals surface area contributed by atoms with Crippen LogP contribution in [0.25, 0.3) is 42.2 Å². The number of hydrogen-bond donors (Lipinski definition) is 0. The Kier molecular flexibility index (Phi) is 3.38. The molecule has 5 rings (SSSR count). The van der Waals surface area contributed by atoms with E-state index < -0.39 is 0 Å². The Bertz CT molecular complexity index is 1310. The minimum Gasteiger partial charge on any atom is -0.200 e. The third-order valence-electron chi connectivity index (χ3n) is 5.25. The molecule has 0 aliphatic heterocycles. The summed E-state index contributed by atoms with van der Waals surface area (Å²) in [6.07, 6.45) is 2.28. The number of fused-ring (bicyclic) bond motifs is 4. The van der Waals surface area contributed by atoms with E-state index in [1.165, 1.54) is 53.3 Å². The van der Waals surface area contributed by atoms with Crippen molar-refractivity contribution in [2.45, 2.75) is 13.8 Å². The molecule has 2 heterocycles. The summed E-state index contributed by atoms with van der Waals surface area (Å²) in [5.74, 6) is 0. The summed E-state index contributed by atoms with van der Waals surface area (Å²) in [5, 5.41) is 5.32. The number of aromatic nitrogens is 1. The summed E-state index contributed by atoms with van der Waals surface area (Å²) >= 11 is 1.88. The number of benzene rings is 3. The second-order valence-electron chi connectivity index (χ2n) is 7.16. The Hall–Kier alpha value is -2.71. The minimum absolute atomic E-state index is 1.27. The van der Waals surface area contributed by atoms with Crippen LogP contribution in [0, 0.1) is 13.8 Å². The number of hydrogen-bond acceptors (Lipinski definition) is 1. The molecule has 126 valence electrons. The molecule has 0 N–H and O–H groups in total. The van der Waals surface area contributed by atoms with Gasteiger partial charge in [-0.3, -0.25) is 0 Å². The number of nitrogens with zero attached hydrogens (tertiary/aromatic N) is 1. The molecule has 0 radical (unpaired) electrons.